The molecule has 0 saturated carbocycles. The van der Waals surface area contributed by atoms with Gasteiger partial charge in [0.1, 0.15) is 5.75 Å². The molecule has 0 aromatic heterocycles. The number of hydrogen-bond acceptors (Lipinski definition) is 4. The van der Waals surface area contributed by atoms with Gasteiger partial charge in [0.15, 0.2) is 17.2 Å². The summed E-state index contributed by atoms with van der Waals surface area (Å²) >= 11 is 0. The number of hydrogen-bond donors (Lipinski definition) is 0. The van der Waals surface area contributed by atoms with Crippen molar-refractivity contribution in [3.05, 3.63) is 47.5 Å². The highest BCUT2D eigenvalue weighted by molar-refractivity contribution is 6.74. The summed E-state index contributed by atoms with van der Waals surface area (Å²) in [6.45, 7) is 11.1. The zero-order valence-corrected chi connectivity index (χ0v) is 19.3. The molecular weight excluding hydrogens is 368 g/mol. The van der Waals surface area contributed by atoms with Crippen LogP contribution in [0, 0.1) is 0 Å². The molecule has 0 spiro atoms. The fourth-order valence-corrected chi connectivity index (χ4v) is 3.43. The first kappa shape index (κ1) is 21.9. The minimum Gasteiger partial charge on any atom is -0.539 e. The van der Waals surface area contributed by atoms with E-state index in [1.807, 2.05) is 48.6 Å². The minimum absolute atomic E-state index is 0.0793. The van der Waals surface area contributed by atoms with Crippen molar-refractivity contribution in [2.45, 2.75) is 38.9 Å². The van der Waals surface area contributed by atoms with Crippen molar-refractivity contribution in [3.8, 4) is 23.0 Å². The Labute approximate surface area is 170 Å². The second kappa shape index (κ2) is 8.74. The molecule has 2 aromatic carbocycles. The van der Waals surface area contributed by atoms with E-state index in [1.165, 1.54) is 0 Å². The van der Waals surface area contributed by atoms with Crippen molar-refractivity contribution in [1.29, 1.82) is 0 Å². The van der Waals surface area contributed by atoms with E-state index in [-0.39, 0.29) is 5.04 Å². The van der Waals surface area contributed by atoms with Gasteiger partial charge in [-0.05, 0) is 53.5 Å². The lowest BCUT2D eigenvalue weighted by Gasteiger charge is -2.37. The van der Waals surface area contributed by atoms with Gasteiger partial charge in [-0.25, -0.2) is 0 Å². The quantitative estimate of drug-likeness (QED) is 0.406. The lowest BCUT2D eigenvalue weighted by atomic mass is 10.1. The molecule has 2 aromatic rings. The summed E-state index contributed by atoms with van der Waals surface area (Å²) in [5.41, 5.74) is 2.06. The molecule has 0 N–H and O–H groups in total. The molecule has 0 fully saturated rings. The van der Waals surface area contributed by atoms with Gasteiger partial charge >= 0.3 is 0 Å². The second-order valence-electron chi connectivity index (χ2n) is 8.22. The Morgan fingerprint density at radius 3 is 1.68 bits per heavy atom. The first-order valence-electron chi connectivity index (χ1n) is 9.38. The van der Waals surface area contributed by atoms with Crippen molar-refractivity contribution >= 4 is 20.5 Å². The lowest BCUT2D eigenvalue weighted by molar-refractivity contribution is 0.354. The van der Waals surface area contributed by atoms with Gasteiger partial charge in [-0.3, -0.25) is 0 Å². The van der Waals surface area contributed by atoms with Crippen molar-refractivity contribution in [3.63, 3.8) is 0 Å². The standard InChI is InChI=1S/C23H32O4Si/c1-23(2,3)28(7,8)27-22-20(25-5)15-18(16-21(22)26-6)10-9-17-11-13-19(24-4)14-12-17/h9-16H,1-8H3. The molecule has 0 atom stereocenters. The van der Waals surface area contributed by atoms with Gasteiger partial charge < -0.3 is 18.6 Å². The molecule has 0 amide bonds. The largest absolute Gasteiger partial charge is 0.539 e. The third-order valence-electron chi connectivity index (χ3n) is 5.23. The van der Waals surface area contributed by atoms with E-state index in [9.17, 15) is 0 Å². The van der Waals surface area contributed by atoms with Crippen LogP contribution in [-0.2, 0) is 0 Å². The SMILES string of the molecule is COc1ccc(C=Cc2cc(OC)c(O[Si](C)(C)C(C)(C)C)c(OC)c2)cc1. The van der Waals surface area contributed by atoms with Crippen LogP contribution >= 0.6 is 0 Å². The molecule has 2 rings (SSSR count). The molecule has 28 heavy (non-hydrogen) atoms. The van der Waals surface area contributed by atoms with E-state index in [0.29, 0.717) is 17.2 Å². The molecule has 0 unspecified atom stereocenters. The average Bonchev–Trinajstić information content (AvgIpc) is 2.66. The molecular formula is C23H32O4Si. The molecule has 0 aliphatic heterocycles. The van der Waals surface area contributed by atoms with Crippen LogP contribution in [0.5, 0.6) is 23.0 Å². The van der Waals surface area contributed by atoms with Crippen LogP contribution in [0.15, 0.2) is 36.4 Å². The molecule has 0 bridgehead atoms. The first-order chi connectivity index (χ1) is 13.1. The van der Waals surface area contributed by atoms with E-state index < -0.39 is 8.32 Å². The number of benzene rings is 2. The maximum absolute atomic E-state index is 6.50. The van der Waals surface area contributed by atoms with Gasteiger partial charge in [0.2, 0.25) is 0 Å². The van der Waals surface area contributed by atoms with Crippen LogP contribution < -0.4 is 18.6 Å². The summed E-state index contributed by atoms with van der Waals surface area (Å²) < 4.78 is 23.0. The Bertz CT molecular complexity index is 792. The van der Waals surface area contributed by atoms with E-state index >= 15 is 0 Å². The van der Waals surface area contributed by atoms with Crippen LogP contribution in [0.4, 0.5) is 0 Å². The van der Waals surface area contributed by atoms with E-state index in [0.717, 1.165) is 16.9 Å². The average molecular weight is 401 g/mol. The Hall–Kier alpha value is -2.40. The summed E-state index contributed by atoms with van der Waals surface area (Å²) in [6.07, 6.45) is 4.07. The topological polar surface area (TPSA) is 36.9 Å². The van der Waals surface area contributed by atoms with Crippen LogP contribution in [-0.4, -0.2) is 29.6 Å². The summed E-state index contributed by atoms with van der Waals surface area (Å²) in [5.74, 6) is 2.88. The number of methoxy groups -OCH3 is 3. The summed E-state index contributed by atoms with van der Waals surface area (Å²) in [6, 6.07) is 11.9. The van der Waals surface area contributed by atoms with Gasteiger partial charge in [0.25, 0.3) is 8.32 Å². The fourth-order valence-electron chi connectivity index (χ4n) is 2.41. The van der Waals surface area contributed by atoms with Gasteiger partial charge in [0, 0.05) is 0 Å². The zero-order valence-electron chi connectivity index (χ0n) is 18.3. The summed E-state index contributed by atoms with van der Waals surface area (Å²) in [5, 5.41) is 0.0793. The van der Waals surface area contributed by atoms with Gasteiger partial charge in [-0.1, -0.05) is 45.1 Å². The molecule has 0 saturated heterocycles. The first-order valence-corrected chi connectivity index (χ1v) is 12.3. The van der Waals surface area contributed by atoms with E-state index in [4.69, 9.17) is 18.6 Å². The van der Waals surface area contributed by atoms with Gasteiger partial charge in [-0.2, -0.15) is 0 Å². The van der Waals surface area contributed by atoms with Crippen molar-refractivity contribution in [2.24, 2.45) is 0 Å². The molecule has 0 aliphatic rings. The predicted octanol–water partition coefficient (Wildman–Crippen LogP) is 6.27. The highest BCUT2D eigenvalue weighted by Crippen LogP contribution is 2.45. The molecule has 152 valence electrons. The monoisotopic (exact) mass is 400 g/mol. The third kappa shape index (κ3) is 5.10. The van der Waals surface area contributed by atoms with E-state index in [1.54, 1.807) is 21.3 Å². The van der Waals surface area contributed by atoms with Crippen molar-refractivity contribution in [1.82, 2.24) is 0 Å². The molecule has 0 heterocycles. The smallest absolute Gasteiger partial charge is 0.250 e. The molecule has 0 radical (unpaired) electrons. The maximum atomic E-state index is 6.50. The highest BCUT2D eigenvalue weighted by Gasteiger charge is 2.40. The van der Waals surface area contributed by atoms with Gasteiger partial charge in [-0.15, -0.1) is 0 Å². The Morgan fingerprint density at radius 1 is 0.750 bits per heavy atom. The van der Waals surface area contributed by atoms with Crippen LogP contribution in [0.2, 0.25) is 18.1 Å². The number of rotatable bonds is 7. The Morgan fingerprint density at radius 2 is 1.25 bits per heavy atom. The van der Waals surface area contributed by atoms with Crippen molar-refractivity contribution < 1.29 is 18.6 Å². The fraction of sp³-hybridized carbons (Fsp3) is 0.391. The Balaban J connectivity index is 2.37. The summed E-state index contributed by atoms with van der Waals surface area (Å²) in [7, 11) is 2.95. The summed E-state index contributed by atoms with van der Waals surface area (Å²) in [4.78, 5) is 0. The van der Waals surface area contributed by atoms with Crippen molar-refractivity contribution in [2.75, 3.05) is 21.3 Å². The molecule has 5 heteroatoms. The normalized spacial score (nSPS) is 12.1. The highest BCUT2D eigenvalue weighted by atomic mass is 28.4. The van der Waals surface area contributed by atoms with Crippen LogP contribution in [0.3, 0.4) is 0 Å². The molecule has 0 aliphatic carbocycles. The maximum Gasteiger partial charge on any atom is 0.250 e. The lowest BCUT2D eigenvalue weighted by Crippen LogP contribution is -2.44. The molecule has 4 nitrogen and oxygen atoms in total. The predicted molar refractivity (Wildman–Crippen MR) is 119 cm³/mol. The van der Waals surface area contributed by atoms with E-state index in [2.05, 4.69) is 33.9 Å². The van der Waals surface area contributed by atoms with Crippen LogP contribution in [0.1, 0.15) is 31.9 Å². The number of ether oxygens (including phenoxy) is 3. The van der Waals surface area contributed by atoms with Crippen LogP contribution in [0.25, 0.3) is 12.2 Å². The third-order valence-corrected chi connectivity index (χ3v) is 9.56. The zero-order chi connectivity index (χ0) is 20.9. The Kier molecular flexibility index (Phi) is 6.83. The van der Waals surface area contributed by atoms with Gasteiger partial charge in [0.05, 0.1) is 21.3 Å². The minimum atomic E-state index is -2.03. The second-order valence-corrected chi connectivity index (χ2v) is 12.9.